The normalized spacial score (nSPS) is 13.0. The van der Waals surface area contributed by atoms with Gasteiger partial charge in [0.25, 0.3) is 0 Å². The third-order valence-corrected chi connectivity index (χ3v) is 0.614. The number of hydrogen-bond donors (Lipinski definition) is 0. The molecule has 0 bridgehead atoms. The van der Waals surface area contributed by atoms with Crippen molar-refractivity contribution in [1.82, 2.24) is 0 Å². The van der Waals surface area contributed by atoms with Crippen molar-refractivity contribution in [2.45, 2.75) is 0 Å². The Balaban J connectivity index is -0.000000120. The van der Waals surface area contributed by atoms with Crippen LogP contribution in [-0.4, -0.2) is 12.1 Å². The standard InChI is InChI=1S/C5H6O.Li.H2O.H/c1-2-4-6-5-3-1;;;/h1-4H,5H2;;1H2;/q;+1;;-1. The molecule has 0 saturated heterocycles. The van der Waals surface area contributed by atoms with Crippen LogP contribution in [0.2, 0.25) is 0 Å². The summed E-state index contributed by atoms with van der Waals surface area (Å²) < 4.78 is 4.80. The van der Waals surface area contributed by atoms with Crippen molar-refractivity contribution < 1.29 is 30.5 Å². The summed E-state index contributed by atoms with van der Waals surface area (Å²) in [5, 5.41) is 0. The van der Waals surface area contributed by atoms with Crippen molar-refractivity contribution in [1.29, 1.82) is 0 Å². The van der Waals surface area contributed by atoms with E-state index in [2.05, 4.69) is 0 Å². The minimum absolute atomic E-state index is 0. The van der Waals surface area contributed by atoms with Gasteiger partial charge in [0.15, 0.2) is 0 Å². The summed E-state index contributed by atoms with van der Waals surface area (Å²) in [4.78, 5) is 0. The quantitative estimate of drug-likeness (QED) is 0.313. The molecule has 0 atom stereocenters. The predicted octanol–water partition coefficient (Wildman–Crippen LogP) is -2.62. The number of ether oxygens (including phenoxy) is 1. The minimum Gasteiger partial charge on any atom is -1.00 e. The Kier molecular flexibility index (Phi) is 9.19. The van der Waals surface area contributed by atoms with Gasteiger partial charge in [-0.05, 0) is 12.2 Å². The first-order valence-electron chi connectivity index (χ1n) is 1.93. The van der Waals surface area contributed by atoms with Crippen LogP contribution in [0.25, 0.3) is 0 Å². The Labute approximate surface area is 62.2 Å². The van der Waals surface area contributed by atoms with Crippen LogP contribution < -0.4 is 18.9 Å². The summed E-state index contributed by atoms with van der Waals surface area (Å²) in [6, 6.07) is 0. The molecule has 3 heteroatoms. The zero-order valence-corrected chi connectivity index (χ0v) is 4.92. The van der Waals surface area contributed by atoms with E-state index in [0.29, 0.717) is 0 Å². The predicted molar refractivity (Wildman–Crippen MR) is 29.0 cm³/mol. The van der Waals surface area contributed by atoms with Crippen LogP contribution in [0, 0.1) is 0 Å². The van der Waals surface area contributed by atoms with Gasteiger partial charge in [-0.25, -0.2) is 0 Å². The Morgan fingerprint density at radius 2 is 2.12 bits per heavy atom. The maximum absolute atomic E-state index is 4.80. The zero-order chi connectivity index (χ0) is 4.24. The molecule has 1 aliphatic heterocycles. The molecule has 0 aromatic rings. The van der Waals surface area contributed by atoms with Crippen LogP contribution in [0.3, 0.4) is 0 Å². The number of allylic oxidation sites excluding steroid dienone is 2. The summed E-state index contributed by atoms with van der Waals surface area (Å²) in [5.41, 5.74) is 0. The van der Waals surface area contributed by atoms with E-state index < -0.39 is 0 Å². The first kappa shape index (κ1) is 10.8. The third-order valence-electron chi connectivity index (χ3n) is 0.614. The molecular weight excluding hydrogens is 99.0 g/mol. The molecular formula is C5H9LiO2. The second kappa shape index (κ2) is 6.84. The van der Waals surface area contributed by atoms with Crippen LogP contribution in [0.5, 0.6) is 0 Å². The van der Waals surface area contributed by atoms with Crippen LogP contribution in [0.1, 0.15) is 1.43 Å². The van der Waals surface area contributed by atoms with Gasteiger partial charge in [-0.3, -0.25) is 0 Å². The molecule has 0 fully saturated rings. The van der Waals surface area contributed by atoms with Crippen LogP contribution in [-0.2, 0) is 4.74 Å². The number of hydrogen-bond acceptors (Lipinski definition) is 1. The SMILES string of the molecule is C1=CCOC=C1.O.[H-].[Li+]. The molecule has 1 rings (SSSR count). The smallest absolute Gasteiger partial charge is 1.00 e. The van der Waals surface area contributed by atoms with Crippen molar-refractivity contribution >= 4 is 0 Å². The van der Waals surface area contributed by atoms with Gasteiger partial charge in [0.05, 0.1) is 6.26 Å². The molecule has 1 heterocycles. The second-order valence-electron chi connectivity index (χ2n) is 1.09. The van der Waals surface area contributed by atoms with Gasteiger partial charge in [-0.1, -0.05) is 6.08 Å². The van der Waals surface area contributed by atoms with E-state index in [0.717, 1.165) is 6.61 Å². The van der Waals surface area contributed by atoms with Crippen molar-refractivity contribution in [3.63, 3.8) is 0 Å². The van der Waals surface area contributed by atoms with Crippen molar-refractivity contribution in [2.75, 3.05) is 6.61 Å². The molecule has 0 aromatic carbocycles. The van der Waals surface area contributed by atoms with E-state index >= 15 is 0 Å². The zero-order valence-electron chi connectivity index (χ0n) is 5.92. The minimum atomic E-state index is 0. The molecule has 0 unspecified atom stereocenters. The second-order valence-corrected chi connectivity index (χ2v) is 1.09. The van der Waals surface area contributed by atoms with Gasteiger partial charge in [-0.2, -0.15) is 0 Å². The first-order valence-corrected chi connectivity index (χ1v) is 1.93. The monoisotopic (exact) mass is 108 g/mol. The van der Waals surface area contributed by atoms with Crippen LogP contribution >= 0.6 is 0 Å². The van der Waals surface area contributed by atoms with Crippen LogP contribution in [0.15, 0.2) is 24.5 Å². The Bertz CT molecular complexity index is 81.0. The Morgan fingerprint density at radius 1 is 1.38 bits per heavy atom. The fourth-order valence-electron chi connectivity index (χ4n) is 0.346. The maximum atomic E-state index is 4.80. The number of rotatable bonds is 0. The largest absolute Gasteiger partial charge is 1.00 e. The van der Waals surface area contributed by atoms with E-state index in [1.807, 2.05) is 18.2 Å². The summed E-state index contributed by atoms with van der Waals surface area (Å²) in [6.07, 6.45) is 7.47. The summed E-state index contributed by atoms with van der Waals surface area (Å²) in [6.45, 7) is 0.733. The molecule has 0 amide bonds. The van der Waals surface area contributed by atoms with Gasteiger partial charge in [0.2, 0.25) is 0 Å². The van der Waals surface area contributed by atoms with Crippen molar-refractivity contribution in [2.24, 2.45) is 0 Å². The van der Waals surface area contributed by atoms with E-state index in [1.165, 1.54) is 0 Å². The average molecular weight is 108 g/mol. The fraction of sp³-hybridized carbons (Fsp3) is 0.200. The fourth-order valence-corrected chi connectivity index (χ4v) is 0.346. The Morgan fingerprint density at radius 3 is 2.25 bits per heavy atom. The molecule has 0 saturated carbocycles. The van der Waals surface area contributed by atoms with E-state index in [-0.39, 0.29) is 25.8 Å². The van der Waals surface area contributed by atoms with E-state index in [4.69, 9.17) is 4.74 Å². The summed E-state index contributed by atoms with van der Waals surface area (Å²) >= 11 is 0. The van der Waals surface area contributed by atoms with Gasteiger partial charge >= 0.3 is 18.9 Å². The van der Waals surface area contributed by atoms with Gasteiger partial charge < -0.3 is 11.6 Å². The molecule has 0 aliphatic carbocycles. The third kappa shape index (κ3) is 4.01. The van der Waals surface area contributed by atoms with Crippen molar-refractivity contribution in [3.8, 4) is 0 Å². The van der Waals surface area contributed by atoms with E-state index in [1.54, 1.807) is 6.26 Å². The van der Waals surface area contributed by atoms with Gasteiger partial charge in [-0.15, -0.1) is 0 Å². The summed E-state index contributed by atoms with van der Waals surface area (Å²) in [7, 11) is 0. The molecule has 2 nitrogen and oxygen atoms in total. The first-order chi connectivity index (χ1) is 3.00. The van der Waals surface area contributed by atoms with E-state index in [9.17, 15) is 0 Å². The molecule has 2 N–H and O–H groups in total. The van der Waals surface area contributed by atoms with Crippen molar-refractivity contribution in [3.05, 3.63) is 24.5 Å². The average Bonchev–Trinajstić information content (AvgIpc) is 1.72. The van der Waals surface area contributed by atoms with Gasteiger partial charge in [0.1, 0.15) is 6.61 Å². The molecule has 42 valence electrons. The molecule has 0 aromatic heterocycles. The topological polar surface area (TPSA) is 40.7 Å². The Hall–Kier alpha value is -0.163. The molecule has 0 radical (unpaired) electrons. The molecule has 1 aliphatic rings. The molecule has 0 spiro atoms. The van der Waals surface area contributed by atoms with Crippen LogP contribution in [0.4, 0.5) is 0 Å². The molecule has 8 heavy (non-hydrogen) atoms. The van der Waals surface area contributed by atoms with Gasteiger partial charge in [0, 0.05) is 0 Å². The maximum Gasteiger partial charge on any atom is 1.00 e. The summed E-state index contributed by atoms with van der Waals surface area (Å²) in [5.74, 6) is 0.